The lowest BCUT2D eigenvalue weighted by molar-refractivity contribution is 0.0952. The molecule has 33 heavy (non-hydrogen) atoms. The number of hydrogen-bond acceptors (Lipinski definition) is 5. The zero-order valence-corrected chi connectivity index (χ0v) is 18.6. The molecule has 0 atom stereocenters. The minimum atomic E-state index is -0.335. The minimum absolute atomic E-state index is 0.238. The van der Waals surface area contributed by atoms with E-state index in [9.17, 15) is 4.79 Å². The zero-order valence-electron chi connectivity index (χ0n) is 18.6. The minimum Gasteiger partial charge on any atom is -0.496 e. The Morgan fingerprint density at radius 1 is 1.03 bits per heavy atom. The molecule has 1 aliphatic heterocycles. The SMILES string of the molecule is COc1cc2ccccc2cc1C(=O)NN=Cc1cc(C)n(-c2ccc3c(c2)OCO3)c1C. The number of rotatable bonds is 5. The van der Waals surface area contributed by atoms with E-state index in [4.69, 9.17) is 14.2 Å². The van der Waals surface area contributed by atoms with Gasteiger partial charge in [0.25, 0.3) is 5.91 Å². The van der Waals surface area contributed by atoms with Gasteiger partial charge >= 0.3 is 0 Å². The summed E-state index contributed by atoms with van der Waals surface area (Å²) < 4.78 is 18.4. The first-order valence-electron chi connectivity index (χ1n) is 10.5. The fourth-order valence-electron chi connectivity index (χ4n) is 4.13. The van der Waals surface area contributed by atoms with Gasteiger partial charge in [0, 0.05) is 28.7 Å². The van der Waals surface area contributed by atoms with E-state index >= 15 is 0 Å². The van der Waals surface area contributed by atoms with Crippen molar-refractivity contribution in [2.75, 3.05) is 13.9 Å². The maximum absolute atomic E-state index is 12.8. The van der Waals surface area contributed by atoms with E-state index in [0.717, 1.165) is 44.9 Å². The molecule has 3 aromatic carbocycles. The molecule has 1 aromatic heterocycles. The Morgan fingerprint density at radius 3 is 2.58 bits per heavy atom. The summed E-state index contributed by atoms with van der Waals surface area (Å²) in [7, 11) is 1.55. The topological polar surface area (TPSA) is 74.1 Å². The van der Waals surface area contributed by atoms with Crippen molar-refractivity contribution in [2.24, 2.45) is 5.10 Å². The number of amides is 1. The van der Waals surface area contributed by atoms with Crippen molar-refractivity contribution < 1.29 is 19.0 Å². The molecule has 2 heterocycles. The highest BCUT2D eigenvalue weighted by molar-refractivity contribution is 6.02. The van der Waals surface area contributed by atoms with Crippen molar-refractivity contribution in [3.05, 3.63) is 83.2 Å². The van der Waals surface area contributed by atoms with Crippen LogP contribution < -0.4 is 19.6 Å². The van der Waals surface area contributed by atoms with Gasteiger partial charge in [0.05, 0.1) is 18.9 Å². The van der Waals surface area contributed by atoms with E-state index in [2.05, 4.69) is 15.1 Å². The highest BCUT2D eigenvalue weighted by Gasteiger charge is 2.17. The molecule has 1 aliphatic rings. The van der Waals surface area contributed by atoms with E-state index in [1.807, 2.05) is 74.5 Å². The lowest BCUT2D eigenvalue weighted by atomic mass is 10.1. The number of methoxy groups -OCH3 is 1. The number of carbonyl (C=O) groups is 1. The molecule has 0 aliphatic carbocycles. The molecule has 0 spiro atoms. The zero-order chi connectivity index (χ0) is 22.9. The van der Waals surface area contributed by atoms with Gasteiger partial charge in [0.15, 0.2) is 11.5 Å². The Balaban J connectivity index is 1.38. The van der Waals surface area contributed by atoms with Gasteiger partial charge in [-0.1, -0.05) is 24.3 Å². The molecular formula is C26H23N3O4. The lowest BCUT2D eigenvalue weighted by Crippen LogP contribution is -2.18. The second-order valence-electron chi connectivity index (χ2n) is 7.80. The van der Waals surface area contributed by atoms with Crippen LogP contribution in [0.1, 0.15) is 27.3 Å². The number of hydrazone groups is 1. The highest BCUT2D eigenvalue weighted by atomic mass is 16.7. The van der Waals surface area contributed by atoms with E-state index in [1.165, 1.54) is 0 Å². The summed E-state index contributed by atoms with van der Waals surface area (Å²) in [5.74, 6) is 1.64. The average Bonchev–Trinajstić information content (AvgIpc) is 3.41. The molecule has 5 rings (SSSR count). The van der Waals surface area contributed by atoms with E-state index in [-0.39, 0.29) is 12.7 Å². The fraction of sp³-hybridized carbons (Fsp3) is 0.154. The van der Waals surface area contributed by atoms with Gasteiger partial charge in [-0.15, -0.1) is 0 Å². The Hall–Kier alpha value is -4.26. The van der Waals surface area contributed by atoms with Gasteiger partial charge in [0.2, 0.25) is 6.79 Å². The predicted molar refractivity (Wildman–Crippen MR) is 127 cm³/mol. The molecule has 4 aromatic rings. The van der Waals surface area contributed by atoms with Crippen molar-refractivity contribution in [3.8, 4) is 22.9 Å². The largest absolute Gasteiger partial charge is 0.496 e. The summed E-state index contributed by atoms with van der Waals surface area (Å²) in [6.07, 6.45) is 1.65. The van der Waals surface area contributed by atoms with Crippen LogP contribution in [-0.2, 0) is 0 Å². The number of aromatic nitrogens is 1. The smallest absolute Gasteiger partial charge is 0.275 e. The van der Waals surface area contributed by atoms with Crippen molar-refractivity contribution in [1.82, 2.24) is 9.99 Å². The molecule has 0 unspecified atom stereocenters. The van der Waals surface area contributed by atoms with Crippen molar-refractivity contribution >= 4 is 22.9 Å². The molecule has 7 nitrogen and oxygen atoms in total. The Bertz CT molecular complexity index is 1400. The lowest BCUT2D eigenvalue weighted by Gasteiger charge is -2.10. The quantitative estimate of drug-likeness (QED) is 0.358. The number of benzene rings is 3. The molecule has 0 saturated carbocycles. The van der Waals surface area contributed by atoms with Gasteiger partial charge in [-0.25, -0.2) is 5.43 Å². The van der Waals surface area contributed by atoms with Crippen LogP contribution in [0.4, 0.5) is 0 Å². The predicted octanol–water partition coefficient (Wildman–Crippen LogP) is 4.75. The summed E-state index contributed by atoms with van der Waals surface area (Å²) in [6, 6.07) is 19.4. The second kappa shape index (κ2) is 8.35. The highest BCUT2D eigenvalue weighted by Crippen LogP contribution is 2.34. The van der Waals surface area contributed by atoms with Gasteiger partial charge in [-0.05, 0) is 55.0 Å². The first kappa shape index (κ1) is 20.6. The Morgan fingerprint density at radius 2 is 1.79 bits per heavy atom. The average molecular weight is 441 g/mol. The van der Waals surface area contributed by atoms with E-state index in [1.54, 1.807) is 13.3 Å². The van der Waals surface area contributed by atoms with Gasteiger partial charge < -0.3 is 18.8 Å². The molecule has 7 heteroatoms. The van der Waals surface area contributed by atoms with Crippen molar-refractivity contribution in [3.63, 3.8) is 0 Å². The van der Waals surface area contributed by atoms with Crippen LogP contribution >= 0.6 is 0 Å². The standard InChI is InChI=1S/C26H23N3O4/c1-16-10-20(17(2)29(16)21-8-9-23-25(13-21)33-15-32-23)14-27-28-26(30)22-11-18-6-4-5-7-19(18)12-24(22)31-3/h4-14H,15H2,1-3H3,(H,28,30). The van der Waals surface area contributed by atoms with Crippen LogP contribution in [0.2, 0.25) is 0 Å². The summed E-state index contributed by atoms with van der Waals surface area (Å²) >= 11 is 0. The first-order valence-corrected chi connectivity index (χ1v) is 10.5. The number of ether oxygens (including phenoxy) is 3. The second-order valence-corrected chi connectivity index (χ2v) is 7.80. The van der Waals surface area contributed by atoms with E-state index in [0.29, 0.717) is 11.3 Å². The number of hydrogen-bond donors (Lipinski definition) is 1. The number of nitrogens with one attached hydrogen (secondary N) is 1. The molecule has 1 N–H and O–H groups in total. The van der Waals surface area contributed by atoms with Crippen LogP contribution in [-0.4, -0.2) is 30.6 Å². The summed E-state index contributed by atoms with van der Waals surface area (Å²) in [6.45, 7) is 4.27. The van der Waals surface area contributed by atoms with Crippen LogP contribution in [0.5, 0.6) is 17.2 Å². The number of aryl methyl sites for hydroxylation is 1. The third kappa shape index (κ3) is 3.78. The number of carbonyl (C=O) groups excluding carboxylic acids is 1. The van der Waals surface area contributed by atoms with Gasteiger partial charge in [-0.2, -0.15) is 5.10 Å². The van der Waals surface area contributed by atoms with Crippen molar-refractivity contribution in [1.29, 1.82) is 0 Å². The molecule has 0 fully saturated rings. The molecular weight excluding hydrogens is 418 g/mol. The Kier molecular flexibility index (Phi) is 5.22. The third-order valence-electron chi connectivity index (χ3n) is 5.77. The Labute approximate surface area is 191 Å². The van der Waals surface area contributed by atoms with Crippen LogP contribution in [0.3, 0.4) is 0 Å². The normalized spacial score (nSPS) is 12.5. The first-order chi connectivity index (χ1) is 16.0. The fourth-order valence-corrected chi connectivity index (χ4v) is 4.13. The van der Waals surface area contributed by atoms with Gasteiger partial charge in [0.1, 0.15) is 5.75 Å². The van der Waals surface area contributed by atoms with Crippen LogP contribution in [0.15, 0.2) is 65.8 Å². The third-order valence-corrected chi connectivity index (χ3v) is 5.77. The van der Waals surface area contributed by atoms with Gasteiger partial charge in [-0.3, -0.25) is 4.79 Å². The number of fused-ring (bicyclic) bond motifs is 2. The molecule has 1 amide bonds. The molecule has 0 bridgehead atoms. The van der Waals surface area contributed by atoms with Crippen LogP contribution in [0, 0.1) is 13.8 Å². The number of nitrogens with zero attached hydrogens (tertiary/aromatic N) is 2. The molecule has 0 radical (unpaired) electrons. The summed E-state index contributed by atoms with van der Waals surface area (Å²) in [5.41, 5.74) is 6.95. The monoisotopic (exact) mass is 441 g/mol. The maximum atomic E-state index is 12.8. The molecule has 0 saturated heterocycles. The maximum Gasteiger partial charge on any atom is 0.275 e. The summed E-state index contributed by atoms with van der Waals surface area (Å²) in [5, 5.41) is 6.17. The van der Waals surface area contributed by atoms with Crippen LogP contribution in [0.25, 0.3) is 16.5 Å². The molecule has 166 valence electrons. The summed E-state index contributed by atoms with van der Waals surface area (Å²) in [4.78, 5) is 12.8. The van der Waals surface area contributed by atoms with Crippen molar-refractivity contribution in [2.45, 2.75) is 13.8 Å². The van der Waals surface area contributed by atoms with E-state index < -0.39 is 0 Å².